The lowest BCUT2D eigenvalue weighted by atomic mass is 9.94. The highest BCUT2D eigenvalue weighted by atomic mass is 32.1. The number of ether oxygens (including phenoxy) is 1. The number of rotatable bonds is 3. The summed E-state index contributed by atoms with van der Waals surface area (Å²) in [7, 11) is 0. The average molecular weight is 198 g/mol. The lowest BCUT2D eigenvalue weighted by molar-refractivity contribution is -0.148. The van der Waals surface area contributed by atoms with Gasteiger partial charge >= 0.3 is 5.97 Å². The quantitative estimate of drug-likeness (QED) is 0.424. The van der Waals surface area contributed by atoms with Crippen LogP contribution >= 0.6 is 12.6 Å². The molecule has 0 aromatic rings. The molecule has 3 heteroatoms. The zero-order valence-electron chi connectivity index (χ0n) is 7.48. The van der Waals surface area contributed by atoms with E-state index in [1.54, 1.807) is 0 Å². The van der Waals surface area contributed by atoms with Crippen LogP contribution in [-0.2, 0) is 9.53 Å². The highest BCUT2D eigenvalue weighted by Gasteiger charge is 2.40. The second-order valence-corrected chi connectivity index (χ2v) is 4.23. The number of carbonyl (C=O) groups is 1. The number of hydrogen-bond acceptors (Lipinski definition) is 3. The maximum atomic E-state index is 11.5. The molecule has 2 aliphatic rings. The van der Waals surface area contributed by atoms with Crippen molar-refractivity contribution in [3.63, 3.8) is 0 Å². The fourth-order valence-electron chi connectivity index (χ4n) is 2.31. The Bertz CT molecular complexity index is 237. The van der Waals surface area contributed by atoms with Crippen molar-refractivity contribution in [2.75, 3.05) is 12.4 Å². The average Bonchev–Trinajstić information content (AvgIpc) is 2.74. The number of fused-ring (bicyclic) bond motifs is 2. The lowest BCUT2D eigenvalue weighted by Crippen LogP contribution is -2.22. The van der Waals surface area contributed by atoms with E-state index in [1.807, 2.05) is 0 Å². The van der Waals surface area contributed by atoms with E-state index in [1.165, 1.54) is 0 Å². The monoisotopic (exact) mass is 198 g/mol. The van der Waals surface area contributed by atoms with Crippen LogP contribution in [-0.4, -0.2) is 18.3 Å². The van der Waals surface area contributed by atoms with E-state index in [4.69, 9.17) is 4.74 Å². The summed E-state index contributed by atoms with van der Waals surface area (Å²) in [5.41, 5.74) is 0. The smallest absolute Gasteiger partial charge is 0.309 e. The maximum Gasteiger partial charge on any atom is 0.309 e. The van der Waals surface area contributed by atoms with Crippen LogP contribution in [0.1, 0.15) is 12.8 Å². The van der Waals surface area contributed by atoms with Gasteiger partial charge in [0.2, 0.25) is 0 Å². The predicted molar refractivity (Wildman–Crippen MR) is 53.7 cm³/mol. The summed E-state index contributed by atoms with van der Waals surface area (Å²) in [6.45, 7) is 0.444. The van der Waals surface area contributed by atoms with Crippen LogP contribution in [0.25, 0.3) is 0 Å². The number of allylic oxidation sites excluding steroid dienone is 2. The van der Waals surface area contributed by atoms with Crippen molar-refractivity contribution >= 4 is 18.6 Å². The van der Waals surface area contributed by atoms with E-state index in [2.05, 4.69) is 24.8 Å². The minimum absolute atomic E-state index is 0.0223. The van der Waals surface area contributed by atoms with E-state index in [-0.39, 0.29) is 11.9 Å². The Hall–Kier alpha value is -0.440. The first-order valence-electron chi connectivity index (χ1n) is 4.77. The van der Waals surface area contributed by atoms with E-state index in [9.17, 15) is 4.79 Å². The maximum absolute atomic E-state index is 11.5. The summed E-state index contributed by atoms with van der Waals surface area (Å²) in [5.74, 6) is 1.82. The third-order valence-electron chi connectivity index (χ3n) is 2.92. The van der Waals surface area contributed by atoms with E-state index >= 15 is 0 Å². The van der Waals surface area contributed by atoms with Gasteiger partial charge < -0.3 is 4.74 Å². The van der Waals surface area contributed by atoms with Gasteiger partial charge in [-0.15, -0.1) is 0 Å². The van der Waals surface area contributed by atoms with Gasteiger partial charge in [-0.3, -0.25) is 4.79 Å². The summed E-state index contributed by atoms with van der Waals surface area (Å²) >= 11 is 4.00. The molecular formula is C10H14O2S. The number of carbonyl (C=O) groups excluding carboxylic acids is 1. The Morgan fingerprint density at radius 3 is 2.85 bits per heavy atom. The van der Waals surface area contributed by atoms with Crippen molar-refractivity contribution in [3.05, 3.63) is 12.2 Å². The third kappa shape index (κ3) is 1.75. The van der Waals surface area contributed by atoms with Crippen LogP contribution in [0.2, 0.25) is 0 Å². The molecule has 72 valence electrons. The van der Waals surface area contributed by atoms with Crippen molar-refractivity contribution < 1.29 is 9.53 Å². The molecule has 0 aromatic heterocycles. The summed E-state index contributed by atoms with van der Waals surface area (Å²) in [4.78, 5) is 11.5. The van der Waals surface area contributed by atoms with Gasteiger partial charge in [-0.05, 0) is 24.7 Å². The normalized spacial score (nSPS) is 35.3. The molecule has 0 aromatic carbocycles. The zero-order valence-corrected chi connectivity index (χ0v) is 8.37. The van der Waals surface area contributed by atoms with Crippen LogP contribution < -0.4 is 0 Å². The van der Waals surface area contributed by atoms with Crippen LogP contribution in [0, 0.1) is 17.8 Å². The molecule has 3 atom stereocenters. The lowest BCUT2D eigenvalue weighted by Gasteiger charge is -2.15. The van der Waals surface area contributed by atoms with Crippen molar-refractivity contribution in [2.24, 2.45) is 17.8 Å². The number of hydrogen-bond donors (Lipinski definition) is 1. The molecule has 0 saturated heterocycles. The SMILES string of the molecule is O=C(OCCS)C1CC2C=CC1C2. The van der Waals surface area contributed by atoms with Crippen LogP contribution in [0.4, 0.5) is 0 Å². The van der Waals surface area contributed by atoms with Crippen molar-refractivity contribution in [1.82, 2.24) is 0 Å². The number of esters is 1. The van der Waals surface area contributed by atoms with Gasteiger partial charge in [0.25, 0.3) is 0 Å². The first kappa shape index (κ1) is 9.13. The van der Waals surface area contributed by atoms with Gasteiger partial charge in [-0.1, -0.05) is 12.2 Å². The molecule has 0 N–H and O–H groups in total. The second kappa shape index (κ2) is 3.74. The van der Waals surface area contributed by atoms with Crippen molar-refractivity contribution in [3.8, 4) is 0 Å². The molecule has 0 radical (unpaired) electrons. The molecule has 1 fully saturated rings. The van der Waals surface area contributed by atoms with Crippen LogP contribution in [0.15, 0.2) is 12.2 Å². The van der Waals surface area contributed by atoms with Crippen LogP contribution in [0.5, 0.6) is 0 Å². The Morgan fingerprint density at radius 2 is 2.31 bits per heavy atom. The third-order valence-corrected chi connectivity index (χ3v) is 3.10. The molecule has 2 nitrogen and oxygen atoms in total. The zero-order chi connectivity index (χ0) is 9.26. The fraction of sp³-hybridized carbons (Fsp3) is 0.700. The van der Waals surface area contributed by atoms with Gasteiger partial charge in [-0.25, -0.2) is 0 Å². The summed E-state index contributed by atoms with van der Waals surface area (Å²) in [6.07, 6.45) is 6.54. The highest BCUT2D eigenvalue weighted by molar-refractivity contribution is 7.80. The summed E-state index contributed by atoms with van der Waals surface area (Å²) in [5, 5.41) is 0. The first-order chi connectivity index (χ1) is 6.31. The van der Waals surface area contributed by atoms with E-state index in [0.29, 0.717) is 24.2 Å². The molecule has 0 spiro atoms. The van der Waals surface area contributed by atoms with Gasteiger partial charge in [0.05, 0.1) is 5.92 Å². The van der Waals surface area contributed by atoms with Gasteiger partial charge in [0, 0.05) is 5.75 Å². The minimum Gasteiger partial charge on any atom is -0.465 e. The Kier molecular flexibility index (Phi) is 2.63. The molecule has 1 saturated carbocycles. The minimum atomic E-state index is -0.0223. The molecular weight excluding hydrogens is 184 g/mol. The van der Waals surface area contributed by atoms with Crippen molar-refractivity contribution in [2.45, 2.75) is 12.8 Å². The standard InChI is InChI=1S/C10H14O2S/c11-10(12-3-4-13)9-6-7-1-2-8(9)5-7/h1-2,7-9,13H,3-6H2. The van der Waals surface area contributed by atoms with Crippen LogP contribution in [0.3, 0.4) is 0 Å². The van der Waals surface area contributed by atoms with Gasteiger partial charge in [0.15, 0.2) is 0 Å². The fourth-order valence-corrected chi connectivity index (χ4v) is 2.40. The first-order valence-corrected chi connectivity index (χ1v) is 5.40. The Balaban J connectivity index is 1.88. The van der Waals surface area contributed by atoms with Gasteiger partial charge in [0.1, 0.15) is 6.61 Å². The van der Waals surface area contributed by atoms with Crippen molar-refractivity contribution in [1.29, 1.82) is 0 Å². The molecule has 2 rings (SSSR count). The van der Waals surface area contributed by atoms with E-state index in [0.717, 1.165) is 12.8 Å². The molecule has 2 bridgehead atoms. The molecule has 0 amide bonds. The molecule has 13 heavy (non-hydrogen) atoms. The molecule has 2 aliphatic carbocycles. The second-order valence-electron chi connectivity index (χ2n) is 3.78. The largest absolute Gasteiger partial charge is 0.465 e. The van der Waals surface area contributed by atoms with Gasteiger partial charge in [-0.2, -0.15) is 12.6 Å². The molecule has 0 aliphatic heterocycles. The molecule has 0 heterocycles. The topological polar surface area (TPSA) is 26.3 Å². The highest BCUT2D eigenvalue weighted by Crippen LogP contribution is 2.43. The summed E-state index contributed by atoms with van der Waals surface area (Å²) in [6, 6.07) is 0. The predicted octanol–water partition coefficient (Wildman–Crippen LogP) is 1.67. The molecule has 3 unspecified atom stereocenters. The Morgan fingerprint density at radius 1 is 1.46 bits per heavy atom. The number of thiol groups is 1. The Labute approximate surface area is 83.8 Å². The summed E-state index contributed by atoms with van der Waals surface area (Å²) < 4.78 is 5.08. The van der Waals surface area contributed by atoms with E-state index < -0.39 is 0 Å².